The van der Waals surface area contributed by atoms with Gasteiger partial charge in [-0.25, -0.2) is 0 Å². The highest BCUT2D eigenvalue weighted by Crippen LogP contribution is 2.33. The minimum absolute atomic E-state index is 0.0927. The van der Waals surface area contributed by atoms with Gasteiger partial charge in [-0.1, -0.05) is 36.8 Å². The van der Waals surface area contributed by atoms with Crippen molar-refractivity contribution < 1.29 is 19.1 Å². The van der Waals surface area contributed by atoms with Crippen LogP contribution in [-0.4, -0.2) is 17.5 Å². The normalized spacial score (nSPS) is 21.1. The van der Waals surface area contributed by atoms with Crippen molar-refractivity contribution in [1.29, 1.82) is 0 Å². The van der Waals surface area contributed by atoms with E-state index in [0.717, 1.165) is 31.2 Å². The number of carbonyl (C=O) groups excluding carboxylic acids is 2. The molecule has 0 amide bonds. The van der Waals surface area contributed by atoms with E-state index in [9.17, 15) is 9.59 Å². The first-order valence-electron chi connectivity index (χ1n) is 8.76. The summed E-state index contributed by atoms with van der Waals surface area (Å²) in [4.78, 5) is 24.3. The molecular formula is C20H28O4. The van der Waals surface area contributed by atoms with Crippen LogP contribution in [0.25, 0.3) is 0 Å². The molecule has 2 atom stereocenters. The number of ether oxygens (including phenoxy) is 2. The van der Waals surface area contributed by atoms with Gasteiger partial charge in [-0.15, -0.1) is 0 Å². The zero-order valence-electron chi connectivity index (χ0n) is 14.9. The minimum atomic E-state index is -0.460. The molecule has 0 radical (unpaired) electrons. The Kier molecular flexibility index (Phi) is 6.41. The second-order valence-electron chi connectivity index (χ2n) is 7.61. The van der Waals surface area contributed by atoms with Crippen LogP contribution in [0, 0.1) is 11.8 Å². The van der Waals surface area contributed by atoms with Crippen molar-refractivity contribution in [3.8, 4) is 0 Å². The van der Waals surface area contributed by atoms with Crippen LogP contribution in [0.2, 0.25) is 0 Å². The molecule has 0 aromatic heterocycles. The molecule has 132 valence electrons. The molecule has 0 N–H and O–H groups in total. The highest BCUT2D eigenvalue weighted by Gasteiger charge is 2.31. The van der Waals surface area contributed by atoms with Crippen molar-refractivity contribution in [2.45, 2.75) is 65.1 Å². The molecule has 0 heterocycles. The zero-order chi connectivity index (χ0) is 17.6. The molecule has 1 aliphatic rings. The lowest BCUT2D eigenvalue weighted by Crippen LogP contribution is -2.32. The summed E-state index contributed by atoms with van der Waals surface area (Å²) < 4.78 is 10.8. The summed E-state index contributed by atoms with van der Waals surface area (Å²) in [6, 6.07) is 9.66. The van der Waals surface area contributed by atoms with Gasteiger partial charge in [0.05, 0.1) is 5.92 Å². The van der Waals surface area contributed by atoms with E-state index in [2.05, 4.69) is 0 Å². The summed E-state index contributed by atoms with van der Waals surface area (Å²) in [7, 11) is 0. The molecule has 2 unspecified atom stereocenters. The topological polar surface area (TPSA) is 52.6 Å². The van der Waals surface area contributed by atoms with Crippen LogP contribution in [0.5, 0.6) is 0 Å². The van der Waals surface area contributed by atoms with Gasteiger partial charge in [-0.2, -0.15) is 0 Å². The Morgan fingerprint density at radius 2 is 1.83 bits per heavy atom. The maximum absolute atomic E-state index is 12.2. The molecule has 0 spiro atoms. The largest absolute Gasteiger partial charge is 0.461 e. The summed E-state index contributed by atoms with van der Waals surface area (Å²) in [5.41, 5.74) is 0.527. The van der Waals surface area contributed by atoms with Gasteiger partial charge in [0.2, 0.25) is 0 Å². The number of rotatable bonds is 5. The Hall–Kier alpha value is -1.84. The van der Waals surface area contributed by atoms with E-state index >= 15 is 0 Å². The maximum Gasteiger partial charge on any atom is 0.309 e. The van der Waals surface area contributed by atoms with Crippen LogP contribution >= 0.6 is 0 Å². The van der Waals surface area contributed by atoms with E-state index in [1.165, 1.54) is 0 Å². The quantitative estimate of drug-likeness (QED) is 0.756. The Balaban J connectivity index is 1.77. The van der Waals surface area contributed by atoms with Gasteiger partial charge in [0.25, 0.3) is 0 Å². The van der Waals surface area contributed by atoms with E-state index in [0.29, 0.717) is 13.0 Å². The molecular weight excluding hydrogens is 304 g/mol. The Bertz CT molecular complexity index is 545. The SMILES string of the molecule is CC(C)(C)OC(=O)C1CCCC(CC(=O)OCc2ccccc2)C1. The summed E-state index contributed by atoms with van der Waals surface area (Å²) in [5.74, 6) is -0.206. The van der Waals surface area contributed by atoms with Gasteiger partial charge < -0.3 is 9.47 Å². The summed E-state index contributed by atoms with van der Waals surface area (Å²) >= 11 is 0. The van der Waals surface area contributed by atoms with Gasteiger partial charge in [0.1, 0.15) is 12.2 Å². The van der Waals surface area contributed by atoms with Gasteiger partial charge in [-0.3, -0.25) is 9.59 Å². The lowest BCUT2D eigenvalue weighted by Gasteiger charge is -2.30. The second kappa shape index (κ2) is 8.32. The van der Waals surface area contributed by atoms with Crippen LogP contribution in [0.1, 0.15) is 58.4 Å². The third-order valence-corrected chi connectivity index (χ3v) is 4.22. The first kappa shape index (κ1) is 18.5. The van der Waals surface area contributed by atoms with Gasteiger partial charge >= 0.3 is 11.9 Å². The smallest absolute Gasteiger partial charge is 0.309 e. The van der Waals surface area contributed by atoms with Gasteiger partial charge in [0.15, 0.2) is 0 Å². The third kappa shape index (κ3) is 6.34. The molecule has 1 saturated carbocycles. The molecule has 0 saturated heterocycles. The molecule has 2 rings (SSSR count). The molecule has 1 aromatic rings. The van der Waals surface area contributed by atoms with Crippen molar-refractivity contribution in [1.82, 2.24) is 0 Å². The predicted octanol–water partition coefficient (Wildman–Crippen LogP) is 4.27. The van der Waals surface area contributed by atoms with Crippen molar-refractivity contribution >= 4 is 11.9 Å². The second-order valence-corrected chi connectivity index (χ2v) is 7.61. The summed E-state index contributed by atoms with van der Waals surface area (Å²) in [6.07, 6.45) is 3.88. The molecule has 0 bridgehead atoms. The van der Waals surface area contributed by atoms with E-state index in [1.807, 2.05) is 51.1 Å². The fraction of sp³-hybridized carbons (Fsp3) is 0.600. The van der Waals surface area contributed by atoms with Crippen molar-refractivity contribution in [3.63, 3.8) is 0 Å². The van der Waals surface area contributed by atoms with Crippen molar-refractivity contribution in [2.75, 3.05) is 0 Å². The molecule has 0 aliphatic heterocycles. The maximum atomic E-state index is 12.2. The van der Waals surface area contributed by atoms with Crippen molar-refractivity contribution in [3.05, 3.63) is 35.9 Å². The van der Waals surface area contributed by atoms with Crippen LogP contribution in [0.4, 0.5) is 0 Å². The minimum Gasteiger partial charge on any atom is -0.461 e. The van der Waals surface area contributed by atoms with Crippen molar-refractivity contribution in [2.24, 2.45) is 11.8 Å². The van der Waals surface area contributed by atoms with E-state index in [-0.39, 0.29) is 23.8 Å². The van der Waals surface area contributed by atoms with Crippen LogP contribution in [0.15, 0.2) is 30.3 Å². The number of esters is 2. The number of hydrogen-bond acceptors (Lipinski definition) is 4. The molecule has 4 nitrogen and oxygen atoms in total. The van der Waals surface area contributed by atoms with Crippen LogP contribution in [0.3, 0.4) is 0 Å². The lowest BCUT2D eigenvalue weighted by molar-refractivity contribution is -0.162. The predicted molar refractivity (Wildman–Crippen MR) is 92.1 cm³/mol. The number of carbonyl (C=O) groups is 2. The molecule has 24 heavy (non-hydrogen) atoms. The Morgan fingerprint density at radius 1 is 1.12 bits per heavy atom. The fourth-order valence-electron chi connectivity index (χ4n) is 3.11. The van der Waals surface area contributed by atoms with E-state index in [4.69, 9.17) is 9.47 Å². The fourth-order valence-corrected chi connectivity index (χ4v) is 3.11. The van der Waals surface area contributed by atoms with Gasteiger partial charge in [0, 0.05) is 6.42 Å². The molecule has 4 heteroatoms. The Morgan fingerprint density at radius 3 is 2.50 bits per heavy atom. The molecule has 1 aliphatic carbocycles. The van der Waals surface area contributed by atoms with E-state index in [1.54, 1.807) is 0 Å². The average molecular weight is 332 g/mol. The molecule has 1 aromatic carbocycles. The summed E-state index contributed by atoms with van der Waals surface area (Å²) in [5, 5.41) is 0. The van der Waals surface area contributed by atoms with E-state index < -0.39 is 5.60 Å². The monoisotopic (exact) mass is 332 g/mol. The lowest BCUT2D eigenvalue weighted by atomic mass is 9.80. The first-order valence-corrected chi connectivity index (χ1v) is 8.76. The van der Waals surface area contributed by atoms with Gasteiger partial charge in [-0.05, 0) is 51.5 Å². The first-order chi connectivity index (χ1) is 11.3. The Labute approximate surface area is 144 Å². The average Bonchev–Trinajstić information content (AvgIpc) is 2.52. The molecule has 1 fully saturated rings. The number of hydrogen-bond donors (Lipinski definition) is 0. The number of benzene rings is 1. The highest BCUT2D eigenvalue weighted by molar-refractivity contribution is 5.73. The van der Waals surface area contributed by atoms with Crippen LogP contribution < -0.4 is 0 Å². The highest BCUT2D eigenvalue weighted by atomic mass is 16.6. The third-order valence-electron chi connectivity index (χ3n) is 4.22. The standard InChI is InChI=1S/C20H28O4/c1-20(2,3)24-19(22)17-11-7-10-16(12-17)13-18(21)23-14-15-8-5-4-6-9-15/h4-6,8-9,16-17H,7,10-14H2,1-3H3. The summed E-state index contributed by atoms with van der Waals surface area (Å²) in [6.45, 7) is 5.95. The zero-order valence-corrected chi connectivity index (χ0v) is 14.9. The van der Waals surface area contributed by atoms with Crippen LogP contribution in [-0.2, 0) is 25.7 Å².